The van der Waals surface area contributed by atoms with Gasteiger partial charge in [0.25, 0.3) is 5.56 Å². The van der Waals surface area contributed by atoms with Gasteiger partial charge in [-0.3, -0.25) is 4.79 Å². The van der Waals surface area contributed by atoms with E-state index >= 15 is 0 Å². The molecule has 0 amide bonds. The Hall–Kier alpha value is -3.40. The number of rotatable bonds is 5. The van der Waals surface area contributed by atoms with Gasteiger partial charge in [-0.1, -0.05) is 60.7 Å². The number of benzene rings is 3. The zero-order valence-corrected chi connectivity index (χ0v) is 14.2. The largest absolute Gasteiger partial charge is 0.489 e. The zero-order valence-electron chi connectivity index (χ0n) is 14.2. The molecule has 1 heterocycles. The van der Waals surface area contributed by atoms with Gasteiger partial charge in [0.15, 0.2) is 0 Å². The van der Waals surface area contributed by atoms with Crippen LogP contribution in [0.25, 0.3) is 10.8 Å². The van der Waals surface area contributed by atoms with Gasteiger partial charge in [0, 0.05) is 11.8 Å². The Balaban J connectivity index is 1.56. The predicted molar refractivity (Wildman–Crippen MR) is 102 cm³/mol. The summed E-state index contributed by atoms with van der Waals surface area (Å²) in [6.45, 7) is 0.532. The van der Waals surface area contributed by atoms with Crippen molar-refractivity contribution in [2.24, 2.45) is 0 Å². The summed E-state index contributed by atoms with van der Waals surface area (Å²) in [4.78, 5) is 11.9. The summed E-state index contributed by atoms with van der Waals surface area (Å²) >= 11 is 0. The number of aromatic amines is 1. The molecule has 0 radical (unpaired) electrons. The third-order valence-electron chi connectivity index (χ3n) is 4.29. The number of ether oxygens (including phenoxy) is 1. The first-order valence-corrected chi connectivity index (χ1v) is 8.51. The summed E-state index contributed by atoms with van der Waals surface area (Å²) in [6, 6.07) is 25.6. The quantitative estimate of drug-likeness (QED) is 0.594. The Labute approximate surface area is 151 Å². The molecule has 0 saturated heterocycles. The van der Waals surface area contributed by atoms with Gasteiger partial charge in [-0.25, -0.2) is 5.10 Å². The van der Waals surface area contributed by atoms with Crippen LogP contribution in [0.1, 0.15) is 16.8 Å². The molecule has 4 rings (SSSR count). The lowest BCUT2D eigenvalue weighted by Gasteiger charge is -2.09. The zero-order chi connectivity index (χ0) is 17.8. The Kier molecular flexibility index (Phi) is 4.48. The highest BCUT2D eigenvalue weighted by atomic mass is 16.5. The first-order chi connectivity index (χ1) is 12.8. The molecule has 1 aromatic heterocycles. The van der Waals surface area contributed by atoms with E-state index in [0.717, 1.165) is 28.0 Å². The van der Waals surface area contributed by atoms with Crippen molar-refractivity contribution in [1.29, 1.82) is 0 Å². The Morgan fingerprint density at radius 3 is 2.38 bits per heavy atom. The molecule has 3 aromatic carbocycles. The van der Waals surface area contributed by atoms with Crippen molar-refractivity contribution in [1.82, 2.24) is 10.2 Å². The smallest absolute Gasteiger partial charge is 0.272 e. The predicted octanol–water partition coefficient (Wildman–Crippen LogP) is 4.09. The fourth-order valence-corrected chi connectivity index (χ4v) is 2.99. The summed E-state index contributed by atoms with van der Waals surface area (Å²) in [5.41, 5.74) is 2.90. The van der Waals surface area contributed by atoms with Gasteiger partial charge in [0.05, 0.1) is 11.1 Å². The van der Waals surface area contributed by atoms with Gasteiger partial charge in [0.1, 0.15) is 12.4 Å². The summed E-state index contributed by atoms with van der Waals surface area (Å²) in [7, 11) is 0. The minimum Gasteiger partial charge on any atom is -0.489 e. The van der Waals surface area contributed by atoms with E-state index in [1.54, 1.807) is 0 Å². The second-order valence-corrected chi connectivity index (χ2v) is 6.14. The van der Waals surface area contributed by atoms with Crippen molar-refractivity contribution >= 4 is 10.8 Å². The number of hydrogen-bond acceptors (Lipinski definition) is 3. The average molecular weight is 342 g/mol. The van der Waals surface area contributed by atoms with E-state index in [1.165, 1.54) is 0 Å². The molecule has 4 heteroatoms. The van der Waals surface area contributed by atoms with E-state index in [4.69, 9.17) is 4.74 Å². The monoisotopic (exact) mass is 342 g/mol. The first kappa shape index (κ1) is 16.1. The number of H-pyrrole nitrogens is 1. The molecule has 26 heavy (non-hydrogen) atoms. The molecule has 4 nitrogen and oxygen atoms in total. The maximum Gasteiger partial charge on any atom is 0.272 e. The normalized spacial score (nSPS) is 10.8. The minimum atomic E-state index is -0.163. The van der Waals surface area contributed by atoms with E-state index in [1.807, 2.05) is 78.9 Å². The van der Waals surface area contributed by atoms with E-state index in [-0.39, 0.29) is 5.56 Å². The van der Waals surface area contributed by atoms with Crippen LogP contribution >= 0.6 is 0 Å². The lowest BCUT2D eigenvalue weighted by atomic mass is 10.0. The van der Waals surface area contributed by atoms with Crippen LogP contribution in [0.2, 0.25) is 0 Å². The van der Waals surface area contributed by atoms with Crippen LogP contribution in [0.15, 0.2) is 83.7 Å². The van der Waals surface area contributed by atoms with Gasteiger partial charge in [-0.15, -0.1) is 0 Å². The Morgan fingerprint density at radius 2 is 1.54 bits per heavy atom. The van der Waals surface area contributed by atoms with Crippen LogP contribution in [-0.2, 0) is 13.0 Å². The lowest BCUT2D eigenvalue weighted by Crippen LogP contribution is -2.11. The van der Waals surface area contributed by atoms with E-state index < -0.39 is 0 Å². The van der Waals surface area contributed by atoms with Crippen LogP contribution in [0, 0.1) is 0 Å². The van der Waals surface area contributed by atoms with E-state index in [9.17, 15) is 4.79 Å². The number of nitrogens with one attached hydrogen (secondary N) is 1. The second-order valence-electron chi connectivity index (χ2n) is 6.14. The number of nitrogens with zero attached hydrogens (tertiary/aromatic N) is 1. The molecule has 0 aliphatic heterocycles. The molecular weight excluding hydrogens is 324 g/mol. The summed E-state index contributed by atoms with van der Waals surface area (Å²) in [6.07, 6.45) is 0.625. The van der Waals surface area contributed by atoms with Crippen molar-refractivity contribution in [2.75, 3.05) is 0 Å². The average Bonchev–Trinajstić information content (AvgIpc) is 2.70. The highest BCUT2D eigenvalue weighted by Gasteiger charge is 2.07. The molecule has 128 valence electrons. The fourth-order valence-electron chi connectivity index (χ4n) is 2.99. The van der Waals surface area contributed by atoms with E-state index in [2.05, 4.69) is 10.2 Å². The van der Waals surface area contributed by atoms with Gasteiger partial charge in [-0.2, -0.15) is 5.10 Å². The van der Waals surface area contributed by atoms with Gasteiger partial charge < -0.3 is 4.74 Å². The molecule has 1 N–H and O–H groups in total. The number of fused-ring (bicyclic) bond motifs is 1. The van der Waals surface area contributed by atoms with Gasteiger partial charge >= 0.3 is 0 Å². The number of aromatic nitrogens is 2. The van der Waals surface area contributed by atoms with Gasteiger partial charge in [0.2, 0.25) is 0 Å². The van der Waals surface area contributed by atoms with Crippen LogP contribution in [-0.4, -0.2) is 10.2 Å². The standard InChI is InChI=1S/C22H18N2O2/c25-22-20-12-5-4-11-19(20)21(23-24-22)14-17-9-6-10-18(13-17)26-15-16-7-2-1-3-8-16/h1-13H,14-15H2,(H,24,25). The molecule has 0 aliphatic rings. The Morgan fingerprint density at radius 1 is 0.808 bits per heavy atom. The van der Waals surface area contributed by atoms with Crippen molar-refractivity contribution in [3.05, 3.63) is 106 Å². The molecule has 0 atom stereocenters. The molecule has 0 aliphatic carbocycles. The third kappa shape index (κ3) is 3.49. The van der Waals surface area contributed by atoms with Crippen molar-refractivity contribution in [2.45, 2.75) is 13.0 Å². The molecule has 0 spiro atoms. The summed E-state index contributed by atoms with van der Waals surface area (Å²) in [5.74, 6) is 0.820. The van der Waals surface area contributed by atoms with Crippen LogP contribution in [0.4, 0.5) is 0 Å². The molecular formula is C22H18N2O2. The van der Waals surface area contributed by atoms with E-state index in [0.29, 0.717) is 18.4 Å². The number of hydrogen-bond donors (Lipinski definition) is 1. The maximum atomic E-state index is 11.9. The highest BCUT2D eigenvalue weighted by Crippen LogP contribution is 2.20. The van der Waals surface area contributed by atoms with Crippen molar-refractivity contribution in [3.63, 3.8) is 0 Å². The van der Waals surface area contributed by atoms with Crippen molar-refractivity contribution in [3.8, 4) is 5.75 Å². The van der Waals surface area contributed by atoms with Gasteiger partial charge in [-0.05, 0) is 29.3 Å². The minimum absolute atomic E-state index is 0.163. The summed E-state index contributed by atoms with van der Waals surface area (Å²) in [5, 5.41) is 8.38. The van der Waals surface area contributed by atoms with Crippen LogP contribution in [0.5, 0.6) is 5.75 Å². The second kappa shape index (κ2) is 7.23. The van der Waals surface area contributed by atoms with Crippen LogP contribution in [0.3, 0.4) is 0 Å². The highest BCUT2D eigenvalue weighted by molar-refractivity contribution is 5.83. The Bertz CT molecular complexity index is 1090. The molecule has 0 unspecified atom stereocenters. The maximum absolute atomic E-state index is 11.9. The fraction of sp³-hybridized carbons (Fsp3) is 0.0909. The molecule has 0 saturated carbocycles. The molecule has 4 aromatic rings. The molecule has 0 bridgehead atoms. The van der Waals surface area contributed by atoms with Crippen LogP contribution < -0.4 is 10.3 Å². The molecule has 0 fully saturated rings. The first-order valence-electron chi connectivity index (χ1n) is 8.51. The third-order valence-corrected chi connectivity index (χ3v) is 4.29. The SMILES string of the molecule is O=c1[nH]nc(Cc2cccc(OCc3ccccc3)c2)c2ccccc12. The van der Waals surface area contributed by atoms with Crippen molar-refractivity contribution < 1.29 is 4.74 Å². The lowest BCUT2D eigenvalue weighted by molar-refractivity contribution is 0.306. The topological polar surface area (TPSA) is 55.0 Å². The summed E-state index contributed by atoms with van der Waals surface area (Å²) < 4.78 is 5.90.